The maximum atomic E-state index is 12.3. The van der Waals surface area contributed by atoms with Crippen LogP contribution in [0.25, 0.3) is 0 Å². The van der Waals surface area contributed by atoms with E-state index in [9.17, 15) is 14.7 Å². The van der Waals surface area contributed by atoms with Gasteiger partial charge in [0.05, 0.1) is 6.54 Å². The second kappa shape index (κ2) is 6.26. The largest absolute Gasteiger partial charge is 0.479 e. The molecule has 0 aromatic carbocycles. The molecule has 6 heteroatoms. The number of carboxylic acid groups (broad SMARTS) is 1. The van der Waals surface area contributed by atoms with E-state index in [2.05, 4.69) is 5.32 Å². The van der Waals surface area contributed by atoms with Crippen molar-refractivity contribution in [3.05, 3.63) is 22.4 Å². The Labute approximate surface area is 122 Å². The van der Waals surface area contributed by atoms with E-state index in [1.807, 2.05) is 24.4 Å². The Balaban J connectivity index is 2.05. The van der Waals surface area contributed by atoms with Crippen molar-refractivity contribution in [1.29, 1.82) is 0 Å². The molecule has 2 rings (SSSR count). The van der Waals surface area contributed by atoms with E-state index in [0.717, 1.165) is 17.7 Å². The summed E-state index contributed by atoms with van der Waals surface area (Å²) in [6, 6.07) is 3.61. The summed E-state index contributed by atoms with van der Waals surface area (Å²) in [7, 11) is 0. The van der Waals surface area contributed by atoms with Gasteiger partial charge in [0.1, 0.15) is 5.54 Å². The summed E-state index contributed by atoms with van der Waals surface area (Å²) in [5.74, 6) is -0.886. The van der Waals surface area contributed by atoms with Gasteiger partial charge in [-0.3, -0.25) is 0 Å². The van der Waals surface area contributed by atoms with Gasteiger partial charge in [-0.05, 0) is 30.7 Å². The molecule has 1 aromatic rings. The first-order valence-electron chi connectivity index (χ1n) is 6.91. The Kier molecular flexibility index (Phi) is 4.65. The van der Waals surface area contributed by atoms with Gasteiger partial charge in [0.25, 0.3) is 0 Å². The second-order valence-electron chi connectivity index (χ2n) is 5.08. The molecule has 2 N–H and O–H groups in total. The summed E-state index contributed by atoms with van der Waals surface area (Å²) in [4.78, 5) is 26.5. The summed E-state index contributed by atoms with van der Waals surface area (Å²) < 4.78 is 0. The number of hydrogen-bond donors (Lipinski definition) is 2. The first-order chi connectivity index (χ1) is 9.60. The Morgan fingerprint density at radius 1 is 1.55 bits per heavy atom. The number of nitrogens with one attached hydrogen (secondary N) is 1. The van der Waals surface area contributed by atoms with Gasteiger partial charge >= 0.3 is 12.0 Å². The molecule has 0 saturated carbocycles. The van der Waals surface area contributed by atoms with Gasteiger partial charge in [0.15, 0.2) is 0 Å². The van der Waals surface area contributed by atoms with Crippen molar-refractivity contribution in [2.75, 3.05) is 6.54 Å². The fraction of sp³-hybridized carbons (Fsp3) is 0.571. The van der Waals surface area contributed by atoms with Gasteiger partial charge in [0.2, 0.25) is 0 Å². The van der Waals surface area contributed by atoms with E-state index in [0.29, 0.717) is 25.9 Å². The Bertz CT molecular complexity index is 475. The first kappa shape index (κ1) is 14.8. The molecule has 110 valence electrons. The minimum atomic E-state index is -1.02. The van der Waals surface area contributed by atoms with Crippen molar-refractivity contribution in [3.8, 4) is 0 Å². The predicted molar refractivity (Wildman–Crippen MR) is 77.8 cm³/mol. The van der Waals surface area contributed by atoms with Crippen LogP contribution in [0.2, 0.25) is 0 Å². The number of carbonyl (C=O) groups excluding carboxylic acids is 1. The fourth-order valence-corrected chi connectivity index (χ4v) is 3.49. The number of urea groups is 1. The number of likely N-dealkylation sites (tertiary alicyclic amines) is 1. The molecule has 5 nitrogen and oxygen atoms in total. The number of rotatable bonds is 5. The monoisotopic (exact) mass is 296 g/mol. The van der Waals surface area contributed by atoms with Crippen molar-refractivity contribution in [1.82, 2.24) is 10.2 Å². The van der Waals surface area contributed by atoms with Gasteiger partial charge in [-0.2, -0.15) is 0 Å². The van der Waals surface area contributed by atoms with Crippen LogP contribution in [0.3, 0.4) is 0 Å². The van der Waals surface area contributed by atoms with Crippen LogP contribution in [0, 0.1) is 0 Å². The molecule has 2 amide bonds. The molecule has 2 heterocycles. The van der Waals surface area contributed by atoms with Crippen LogP contribution in [0.15, 0.2) is 17.5 Å². The van der Waals surface area contributed by atoms with Gasteiger partial charge in [-0.25, -0.2) is 9.59 Å². The number of carbonyl (C=O) groups is 2. The predicted octanol–water partition coefficient (Wildman–Crippen LogP) is 2.68. The van der Waals surface area contributed by atoms with Crippen LogP contribution >= 0.6 is 11.3 Å². The number of amides is 2. The molecular formula is C14H20N2O3S. The number of carboxylic acids is 1. The van der Waals surface area contributed by atoms with Crippen molar-refractivity contribution < 1.29 is 14.7 Å². The Morgan fingerprint density at radius 3 is 2.95 bits per heavy atom. The maximum absolute atomic E-state index is 12.3. The minimum Gasteiger partial charge on any atom is -0.479 e. The molecule has 1 aromatic heterocycles. The molecule has 1 aliphatic heterocycles. The lowest BCUT2D eigenvalue weighted by atomic mass is 9.91. The third-order valence-electron chi connectivity index (χ3n) is 3.79. The highest BCUT2D eigenvalue weighted by molar-refractivity contribution is 7.09. The molecule has 20 heavy (non-hydrogen) atoms. The van der Waals surface area contributed by atoms with Crippen LogP contribution in [-0.4, -0.2) is 34.1 Å². The molecular weight excluding hydrogens is 276 g/mol. The van der Waals surface area contributed by atoms with E-state index in [4.69, 9.17) is 0 Å². The van der Waals surface area contributed by atoms with Crippen molar-refractivity contribution in [2.24, 2.45) is 0 Å². The lowest BCUT2D eigenvalue weighted by molar-refractivity contribution is -0.148. The van der Waals surface area contributed by atoms with Crippen LogP contribution < -0.4 is 5.32 Å². The van der Waals surface area contributed by atoms with Gasteiger partial charge in [-0.15, -0.1) is 11.3 Å². The molecule has 0 radical (unpaired) electrons. The first-order valence-corrected chi connectivity index (χ1v) is 7.79. The van der Waals surface area contributed by atoms with E-state index in [-0.39, 0.29) is 6.03 Å². The molecule has 1 atom stereocenters. The van der Waals surface area contributed by atoms with Crippen LogP contribution in [0.4, 0.5) is 4.79 Å². The third kappa shape index (κ3) is 2.80. The van der Waals surface area contributed by atoms with Gasteiger partial charge in [-0.1, -0.05) is 19.4 Å². The summed E-state index contributed by atoms with van der Waals surface area (Å²) in [6.07, 6.45) is 2.55. The molecule has 1 unspecified atom stereocenters. The van der Waals surface area contributed by atoms with E-state index in [1.165, 1.54) is 4.90 Å². The Hall–Kier alpha value is -1.56. The molecule has 0 aliphatic carbocycles. The Morgan fingerprint density at radius 2 is 2.35 bits per heavy atom. The highest BCUT2D eigenvalue weighted by Gasteiger charge is 2.49. The zero-order valence-electron chi connectivity index (χ0n) is 11.6. The van der Waals surface area contributed by atoms with E-state index < -0.39 is 11.5 Å². The van der Waals surface area contributed by atoms with Crippen molar-refractivity contribution in [2.45, 2.75) is 44.7 Å². The van der Waals surface area contributed by atoms with Crippen LogP contribution in [-0.2, 0) is 11.3 Å². The lowest BCUT2D eigenvalue weighted by Gasteiger charge is -2.34. The quantitative estimate of drug-likeness (QED) is 0.877. The summed E-state index contributed by atoms with van der Waals surface area (Å²) in [5.41, 5.74) is -1.02. The standard InChI is InChI=1S/C14H20N2O3S/c1-2-6-14(12(17)18)7-4-8-16(14)13(19)15-10-11-5-3-9-20-11/h3,5,9H,2,4,6-8,10H2,1H3,(H,15,19)(H,17,18). The highest BCUT2D eigenvalue weighted by Crippen LogP contribution is 2.34. The molecule has 1 saturated heterocycles. The number of aliphatic carboxylic acids is 1. The minimum absolute atomic E-state index is 0.272. The lowest BCUT2D eigenvalue weighted by Crippen LogP contribution is -2.55. The number of nitrogens with zero attached hydrogens (tertiary/aromatic N) is 1. The average molecular weight is 296 g/mol. The molecule has 0 bridgehead atoms. The summed E-state index contributed by atoms with van der Waals surface area (Å²) in [6.45, 7) is 2.92. The summed E-state index contributed by atoms with van der Waals surface area (Å²) in [5, 5.41) is 14.3. The van der Waals surface area contributed by atoms with E-state index in [1.54, 1.807) is 11.3 Å². The smallest absolute Gasteiger partial charge is 0.329 e. The normalized spacial score (nSPS) is 21.9. The molecule has 1 aliphatic rings. The second-order valence-corrected chi connectivity index (χ2v) is 6.11. The van der Waals surface area contributed by atoms with Gasteiger partial charge in [0, 0.05) is 11.4 Å². The van der Waals surface area contributed by atoms with Crippen LogP contribution in [0.5, 0.6) is 0 Å². The zero-order valence-corrected chi connectivity index (χ0v) is 12.4. The molecule has 1 fully saturated rings. The topological polar surface area (TPSA) is 69.6 Å². The number of hydrogen-bond acceptors (Lipinski definition) is 3. The van der Waals surface area contributed by atoms with Crippen molar-refractivity contribution in [3.63, 3.8) is 0 Å². The maximum Gasteiger partial charge on any atom is 0.329 e. The average Bonchev–Trinajstić information content (AvgIpc) is 3.06. The highest BCUT2D eigenvalue weighted by atomic mass is 32.1. The van der Waals surface area contributed by atoms with Gasteiger partial charge < -0.3 is 15.3 Å². The van der Waals surface area contributed by atoms with Crippen LogP contribution in [0.1, 0.15) is 37.5 Å². The van der Waals surface area contributed by atoms with Crippen molar-refractivity contribution >= 4 is 23.3 Å². The fourth-order valence-electron chi connectivity index (χ4n) is 2.85. The third-order valence-corrected chi connectivity index (χ3v) is 4.67. The zero-order chi connectivity index (χ0) is 14.6. The van der Waals surface area contributed by atoms with E-state index >= 15 is 0 Å². The summed E-state index contributed by atoms with van der Waals surface area (Å²) >= 11 is 1.57. The number of thiophene rings is 1. The molecule has 0 spiro atoms. The SMILES string of the molecule is CCCC1(C(=O)O)CCCN1C(=O)NCc1cccs1.